The molecule has 0 atom stereocenters. The lowest BCUT2D eigenvalue weighted by Gasteiger charge is -1.90. The van der Waals surface area contributed by atoms with Crippen LogP contribution in [-0.4, -0.2) is 20.6 Å². The third-order valence-electron chi connectivity index (χ3n) is 1.83. The average molecular weight is 191 g/mol. The van der Waals surface area contributed by atoms with Gasteiger partial charge in [-0.2, -0.15) is 0 Å². The summed E-state index contributed by atoms with van der Waals surface area (Å²) in [5.74, 6) is -0.264. The summed E-state index contributed by atoms with van der Waals surface area (Å²) in [5, 5.41) is 10.6. The molecule has 0 aromatic carbocycles. The van der Waals surface area contributed by atoms with Crippen LogP contribution in [0.4, 0.5) is 5.82 Å². The lowest BCUT2D eigenvalue weighted by molar-refractivity contribution is -0.387. The summed E-state index contributed by atoms with van der Waals surface area (Å²) in [6.45, 7) is 0. The van der Waals surface area contributed by atoms with Crippen molar-refractivity contribution in [2.24, 2.45) is 0 Å². The number of pyridine rings is 1. The normalized spacial score (nSPS) is 10.3. The molecule has 2 heterocycles. The van der Waals surface area contributed by atoms with Gasteiger partial charge in [0.2, 0.25) is 6.29 Å². The number of hydrogen-bond donors (Lipinski definition) is 0. The fraction of sp³-hybridized carbons (Fsp3) is 0. The van der Waals surface area contributed by atoms with Crippen LogP contribution in [0.1, 0.15) is 10.6 Å². The van der Waals surface area contributed by atoms with Crippen LogP contribution in [0.5, 0.6) is 0 Å². The minimum Gasteiger partial charge on any atom is -0.358 e. The van der Waals surface area contributed by atoms with Crippen molar-refractivity contribution >= 4 is 17.6 Å². The molecule has 0 spiro atoms. The summed E-state index contributed by atoms with van der Waals surface area (Å²) in [4.78, 5) is 24.1. The summed E-state index contributed by atoms with van der Waals surface area (Å²) < 4.78 is 1.38. The number of hydrogen-bond acceptors (Lipinski definition) is 4. The monoisotopic (exact) mass is 191 g/mol. The van der Waals surface area contributed by atoms with Gasteiger partial charge < -0.3 is 10.1 Å². The highest BCUT2D eigenvalue weighted by atomic mass is 16.6. The van der Waals surface area contributed by atoms with E-state index in [0.29, 0.717) is 11.8 Å². The molecule has 0 aliphatic rings. The number of aromatic nitrogens is 2. The van der Waals surface area contributed by atoms with Gasteiger partial charge in [0.05, 0.1) is 0 Å². The number of rotatable bonds is 2. The molecule has 2 aromatic heterocycles. The van der Waals surface area contributed by atoms with Gasteiger partial charge in [0.1, 0.15) is 5.52 Å². The zero-order valence-corrected chi connectivity index (χ0v) is 6.95. The summed E-state index contributed by atoms with van der Waals surface area (Å²) in [5.41, 5.74) is 0.319. The van der Waals surface area contributed by atoms with E-state index >= 15 is 0 Å². The smallest absolute Gasteiger partial charge is 0.358 e. The molecular weight excluding hydrogens is 186 g/mol. The van der Waals surface area contributed by atoms with Crippen molar-refractivity contribution in [1.29, 1.82) is 0 Å². The Balaban J connectivity index is 2.86. The van der Waals surface area contributed by atoms with Crippen molar-refractivity contribution in [3.8, 4) is 0 Å². The number of aldehydes is 1. The molecule has 0 fully saturated rings. The molecule has 6 heteroatoms. The molecule has 6 nitrogen and oxygen atoms in total. The zero-order chi connectivity index (χ0) is 10.1. The first-order valence-electron chi connectivity index (χ1n) is 3.80. The maximum Gasteiger partial charge on any atom is 0.390 e. The Morgan fingerprint density at radius 3 is 2.93 bits per heavy atom. The molecule has 14 heavy (non-hydrogen) atoms. The second-order valence-corrected chi connectivity index (χ2v) is 2.62. The lowest BCUT2D eigenvalue weighted by atomic mass is 10.4. The molecule has 0 aliphatic carbocycles. The van der Waals surface area contributed by atoms with Crippen LogP contribution in [0.25, 0.3) is 5.52 Å². The predicted octanol–water partition coefficient (Wildman–Crippen LogP) is 1.05. The molecule has 0 saturated carbocycles. The van der Waals surface area contributed by atoms with Crippen LogP contribution in [0.2, 0.25) is 0 Å². The molecule has 70 valence electrons. The van der Waals surface area contributed by atoms with Gasteiger partial charge in [0.25, 0.3) is 5.82 Å². The minimum atomic E-state index is -0.609. The van der Waals surface area contributed by atoms with E-state index in [9.17, 15) is 14.9 Å². The maximum atomic E-state index is 10.6. The van der Waals surface area contributed by atoms with Crippen molar-refractivity contribution in [1.82, 2.24) is 9.38 Å². The molecule has 2 rings (SSSR count). The second-order valence-electron chi connectivity index (χ2n) is 2.62. The van der Waals surface area contributed by atoms with Gasteiger partial charge >= 0.3 is 5.82 Å². The van der Waals surface area contributed by atoms with E-state index in [4.69, 9.17) is 0 Å². The van der Waals surface area contributed by atoms with Crippen LogP contribution >= 0.6 is 0 Å². The largest absolute Gasteiger partial charge is 0.390 e. The Labute approximate surface area is 77.9 Å². The Bertz CT molecular complexity index is 518. The number of carbonyl (C=O) groups excluding carboxylic acids is 1. The van der Waals surface area contributed by atoms with Crippen molar-refractivity contribution in [3.63, 3.8) is 0 Å². The van der Waals surface area contributed by atoms with Crippen LogP contribution in [0.3, 0.4) is 0 Å². The number of imidazole rings is 1. The molecule has 0 aliphatic heterocycles. The second kappa shape index (κ2) is 2.91. The summed E-state index contributed by atoms with van der Waals surface area (Å²) in [7, 11) is 0. The van der Waals surface area contributed by atoms with Crippen molar-refractivity contribution < 1.29 is 9.72 Å². The predicted molar refractivity (Wildman–Crippen MR) is 47.2 cm³/mol. The molecule has 0 unspecified atom stereocenters. The van der Waals surface area contributed by atoms with Crippen molar-refractivity contribution in [3.05, 3.63) is 40.3 Å². The highest BCUT2D eigenvalue weighted by Gasteiger charge is 2.20. The lowest BCUT2D eigenvalue weighted by Crippen LogP contribution is -1.89. The molecule has 0 bridgehead atoms. The molecule has 0 N–H and O–H groups in total. The van der Waals surface area contributed by atoms with Crippen LogP contribution in [0.15, 0.2) is 24.4 Å². The SMILES string of the molecule is O=Cc1nc([N+](=O)[O-])c2ccccn12. The molecule has 0 saturated heterocycles. The summed E-state index contributed by atoms with van der Waals surface area (Å²) >= 11 is 0. The fourth-order valence-corrected chi connectivity index (χ4v) is 1.26. The summed E-state index contributed by atoms with van der Waals surface area (Å²) in [6.07, 6.45) is 2.04. The Kier molecular flexibility index (Phi) is 1.74. The van der Waals surface area contributed by atoms with Gasteiger partial charge in [-0.15, -0.1) is 0 Å². The average Bonchev–Trinajstić information content (AvgIpc) is 2.56. The minimum absolute atomic E-state index is 0.0345. The van der Waals surface area contributed by atoms with E-state index in [1.54, 1.807) is 18.3 Å². The van der Waals surface area contributed by atoms with Gasteiger partial charge in [0.15, 0.2) is 0 Å². The van der Waals surface area contributed by atoms with Gasteiger partial charge in [0, 0.05) is 6.20 Å². The first-order chi connectivity index (χ1) is 6.74. The highest BCUT2D eigenvalue weighted by Crippen LogP contribution is 2.18. The van der Waals surface area contributed by atoms with E-state index in [1.165, 1.54) is 10.5 Å². The van der Waals surface area contributed by atoms with Crippen molar-refractivity contribution in [2.45, 2.75) is 0 Å². The topological polar surface area (TPSA) is 77.5 Å². The number of carbonyl (C=O) groups is 1. The van der Waals surface area contributed by atoms with Gasteiger partial charge in [-0.05, 0) is 22.0 Å². The van der Waals surface area contributed by atoms with Crippen LogP contribution < -0.4 is 0 Å². The van der Waals surface area contributed by atoms with Gasteiger partial charge in [-0.25, -0.2) is 0 Å². The summed E-state index contributed by atoms with van der Waals surface area (Å²) in [6, 6.07) is 4.86. The molecule has 0 radical (unpaired) electrons. The zero-order valence-electron chi connectivity index (χ0n) is 6.95. The third kappa shape index (κ3) is 1.05. The van der Waals surface area contributed by atoms with Crippen LogP contribution in [0, 0.1) is 10.1 Å². The number of fused-ring (bicyclic) bond motifs is 1. The number of nitrogens with zero attached hydrogens (tertiary/aromatic N) is 3. The molecular formula is C8H5N3O3. The van der Waals surface area contributed by atoms with Crippen molar-refractivity contribution in [2.75, 3.05) is 0 Å². The Morgan fingerprint density at radius 1 is 1.50 bits per heavy atom. The van der Waals surface area contributed by atoms with E-state index in [2.05, 4.69) is 4.98 Å². The first-order valence-corrected chi connectivity index (χ1v) is 3.80. The van der Waals surface area contributed by atoms with E-state index in [0.717, 1.165) is 0 Å². The fourth-order valence-electron chi connectivity index (χ4n) is 1.26. The first kappa shape index (κ1) is 8.36. The van der Waals surface area contributed by atoms with Gasteiger partial charge in [-0.1, -0.05) is 6.07 Å². The Morgan fingerprint density at radius 2 is 2.29 bits per heavy atom. The maximum absolute atomic E-state index is 10.6. The quantitative estimate of drug-likeness (QED) is 0.404. The molecule has 0 amide bonds. The van der Waals surface area contributed by atoms with E-state index in [-0.39, 0.29) is 11.6 Å². The van der Waals surface area contributed by atoms with E-state index in [1.807, 2.05) is 0 Å². The third-order valence-corrected chi connectivity index (χ3v) is 1.83. The Hall–Kier alpha value is -2.24. The van der Waals surface area contributed by atoms with Crippen LogP contribution in [-0.2, 0) is 0 Å². The van der Waals surface area contributed by atoms with Gasteiger partial charge in [-0.3, -0.25) is 9.20 Å². The standard InChI is InChI=1S/C8H5N3O3/c12-5-7-9-8(11(13)14)6-3-1-2-4-10(6)7/h1-5H. The van der Waals surface area contributed by atoms with E-state index < -0.39 is 4.92 Å². The molecule has 2 aromatic rings. The highest BCUT2D eigenvalue weighted by molar-refractivity contribution is 5.76. The number of nitro groups is 1.